The second-order valence-electron chi connectivity index (χ2n) is 11.6. The number of hydrogen-bond acceptors (Lipinski definition) is 6. The molecule has 8 atom stereocenters. The van der Waals surface area contributed by atoms with Crippen molar-refractivity contribution in [3.05, 3.63) is 0 Å². The van der Waals surface area contributed by atoms with Crippen molar-refractivity contribution in [2.75, 3.05) is 6.61 Å². The summed E-state index contributed by atoms with van der Waals surface area (Å²) < 4.78 is 59.9. The number of carboxylic acid groups (broad SMARTS) is 1. The van der Waals surface area contributed by atoms with Gasteiger partial charge in [-0.15, -0.1) is 0 Å². The Morgan fingerprint density at radius 2 is 1.50 bits per heavy atom. The Morgan fingerprint density at radius 3 is 2.05 bits per heavy atom. The fraction of sp³-hybridized carbons (Fsp3) is 0.808. The van der Waals surface area contributed by atoms with Crippen LogP contribution in [0.15, 0.2) is 0 Å². The van der Waals surface area contributed by atoms with Crippen LogP contribution in [0.5, 0.6) is 0 Å². The van der Waals surface area contributed by atoms with Crippen molar-refractivity contribution in [3.8, 4) is 0 Å². The van der Waals surface area contributed by atoms with Crippen LogP contribution in [0.2, 0.25) is 0 Å². The molecule has 40 heavy (non-hydrogen) atoms. The molecule has 2 rings (SSSR count). The van der Waals surface area contributed by atoms with Gasteiger partial charge in [-0.2, -0.15) is 0 Å². The lowest BCUT2D eigenvalue weighted by Gasteiger charge is -2.40. The van der Waals surface area contributed by atoms with E-state index in [-0.39, 0.29) is 17.4 Å². The van der Waals surface area contributed by atoms with Gasteiger partial charge in [-0.3, -0.25) is 24.0 Å². The van der Waals surface area contributed by atoms with E-state index in [0.717, 1.165) is 19.3 Å². The molecule has 2 aliphatic rings. The van der Waals surface area contributed by atoms with Gasteiger partial charge in [-0.25, -0.2) is 17.6 Å². The van der Waals surface area contributed by atoms with Crippen molar-refractivity contribution in [2.45, 2.75) is 115 Å². The highest BCUT2D eigenvalue weighted by Gasteiger charge is 2.48. The number of nitrogens with one attached hydrogen (secondary N) is 3. The molecule has 2 saturated carbocycles. The Bertz CT molecular complexity index is 934. The first kappa shape index (κ1) is 33.4. The summed E-state index contributed by atoms with van der Waals surface area (Å²) in [6.07, 6.45) is -10.5. The normalized spacial score (nSPS) is 30.4. The SMILES string of the molecule is C[C@H](NC(=O)C(=O)NC1CCCCC1C(C)(C)C)C(=O)N[C@@H](CC(=O)O)C(=O)COC1C(F)C(F)CC(F)C1F. The maximum atomic E-state index is 14.0. The lowest BCUT2D eigenvalue weighted by atomic mass is 9.69. The van der Waals surface area contributed by atoms with Gasteiger partial charge in [0.1, 0.15) is 37.1 Å². The Morgan fingerprint density at radius 1 is 0.925 bits per heavy atom. The topological polar surface area (TPSA) is 151 Å². The van der Waals surface area contributed by atoms with Crippen LogP contribution in [-0.2, 0) is 28.7 Å². The summed E-state index contributed by atoms with van der Waals surface area (Å²) in [7, 11) is 0. The molecule has 0 spiro atoms. The molecule has 10 nitrogen and oxygen atoms in total. The summed E-state index contributed by atoms with van der Waals surface area (Å²) >= 11 is 0. The molecule has 0 aliphatic heterocycles. The number of ketones is 1. The standard InChI is InChI=1S/C26H39F4N3O7/c1-12(31-24(38)25(39)32-16-8-6-5-7-13(16)26(2,3)4)23(37)33-17(10-19(35)36)18(34)11-40-22-20(29)14(27)9-15(28)21(22)30/h12-17,20-22H,5-11H2,1-4H3,(H,31,38)(H,32,39)(H,33,37)(H,35,36)/t12-,13?,14?,15?,16?,17-,20?,21?,22?/m0/s1. The first-order valence-corrected chi connectivity index (χ1v) is 13.4. The fourth-order valence-electron chi connectivity index (χ4n) is 5.14. The molecular weight excluding hydrogens is 542 g/mol. The van der Waals surface area contributed by atoms with Crippen molar-refractivity contribution in [3.63, 3.8) is 0 Å². The second-order valence-corrected chi connectivity index (χ2v) is 11.6. The van der Waals surface area contributed by atoms with E-state index in [9.17, 15) is 41.5 Å². The lowest BCUT2D eigenvalue weighted by molar-refractivity contribution is -0.148. The highest BCUT2D eigenvalue weighted by molar-refractivity contribution is 6.35. The van der Waals surface area contributed by atoms with E-state index in [1.165, 1.54) is 6.92 Å². The number of carbonyl (C=O) groups is 5. The first-order valence-electron chi connectivity index (χ1n) is 13.4. The largest absolute Gasteiger partial charge is 0.481 e. The fourth-order valence-corrected chi connectivity index (χ4v) is 5.14. The van der Waals surface area contributed by atoms with Gasteiger partial charge in [0, 0.05) is 12.5 Å². The maximum absolute atomic E-state index is 14.0. The number of Topliss-reactive ketones (excluding diaryl/α,β-unsaturated/α-hetero) is 1. The van der Waals surface area contributed by atoms with Crippen LogP contribution in [0.4, 0.5) is 17.6 Å². The molecule has 228 valence electrons. The zero-order valence-corrected chi connectivity index (χ0v) is 23.1. The van der Waals surface area contributed by atoms with Crippen LogP contribution in [0.3, 0.4) is 0 Å². The van der Waals surface area contributed by atoms with Crippen molar-refractivity contribution < 1.29 is 51.4 Å². The minimum Gasteiger partial charge on any atom is -0.481 e. The van der Waals surface area contributed by atoms with Gasteiger partial charge >= 0.3 is 17.8 Å². The quantitative estimate of drug-likeness (QED) is 0.227. The molecule has 0 bridgehead atoms. The molecule has 0 aromatic rings. The number of halogens is 4. The van der Waals surface area contributed by atoms with Gasteiger partial charge in [0.2, 0.25) is 5.91 Å². The molecular formula is C26H39F4N3O7. The van der Waals surface area contributed by atoms with E-state index in [1.807, 2.05) is 20.8 Å². The van der Waals surface area contributed by atoms with Gasteiger partial charge in [0.15, 0.2) is 18.1 Å². The van der Waals surface area contributed by atoms with Crippen molar-refractivity contribution in [1.29, 1.82) is 0 Å². The molecule has 0 aromatic carbocycles. The van der Waals surface area contributed by atoms with Crippen LogP contribution < -0.4 is 16.0 Å². The lowest BCUT2D eigenvalue weighted by Crippen LogP contribution is -2.56. The molecule has 2 aliphatic carbocycles. The Balaban J connectivity index is 1.95. The van der Waals surface area contributed by atoms with E-state index in [0.29, 0.717) is 6.42 Å². The maximum Gasteiger partial charge on any atom is 0.309 e. The zero-order chi connectivity index (χ0) is 30.4. The van der Waals surface area contributed by atoms with Crippen molar-refractivity contribution in [1.82, 2.24) is 16.0 Å². The molecule has 0 radical (unpaired) electrons. The van der Waals surface area contributed by atoms with E-state index < -0.39 is 91.8 Å². The molecule has 0 aromatic heterocycles. The number of alkyl halides is 4. The van der Waals surface area contributed by atoms with E-state index in [2.05, 4.69) is 16.0 Å². The summed E-state index contributed by atoms with van der Waals surface area (Å²) in [5.41, 5.74) is -0.105. The van der Waals surface area contributed by atoms with Crippen molar-refractivity contribution >= 4 is 29.5 Å². The van der Waals surface area contributed by atoms with Crippen LogP contribution >= 0.6 is 0 Å². The third-order valence-electron chi connectivity index (χ3n) is 7.41. The predicted octanol–water partition coefficient (Wildman–Crippen LogP) is 1.88. The smallest absolute Gasteiger partial charge is 0.309 e. The summed E-state index contributed by atoms with van der Waals surface area (Å²) in [5, 5.41) is 16.1. The van der Waals surface area contributed by atoms with Crippen LogP contribution in [0, 0.1) is 11.3 Å². The van der Waals surface area contributed by atoms with Gasteiger partial charge < -0.3 is 25.8 Å². The molecule has 2 fully saturated rings. The van der Waals surface area contributed by atoms with Crippen LogP contribution in [0.25, 0.3) is 0 Å². The van der Waals surface area contributed by atoms with Gasteiger partial charge in [-0.05, 0) is 31.1 Å². The molecule has 6 unspecified atom stereocenters. The Kier molecular flexibility index (Phi) is 11.9. The van der Waals surface area contributed by atoms with E-state index in [4.69, 9.17) is 9.84 Å². The van der Waals surface area contributed by atoms with Crippen LogP contribution in [-0.4, -0.2) is 90.1 Å². The molecule has 4 N–H and O–H groups in total. The van der Waals surface area contributed by atoms with Gasteiger partial charge in [0.25, 0.3) is 0 Å². The van der Waals surface area contributed by atoms with Gasteiger partial charge in [-0.1, -0.05) is 33.6 Å². The number of aliphatic carboxylic acids is 1. The minimum atomic E-state index is -2.55. The number of carbonyl (C=O) groups excluding carboxylic acids is 4. The predicted molar refractivity (Wildman–Crippen MR) is 134 cm³/mol. The zero-order valence-electron chi connectivity index (χ0n) is 23.1. The molecule has 0 saturated heterocycles. The molecule has 14 heteroatoms. The number of rotatable bonds is 10. The molecule has 0 heterocycles. The minimum absolute atomic E-state index is 0.105. The number of amides is 3. The summed E-state index contributed by atoms with van der Waals surface area (Å²) in [5.74, 6) is -5.58. The monoisotopic (exact) mass is 581 g/mol. The highest BCUT2D eigenvalue weighted by atomic mass is 19.2. The third kappa shape index (κ3) is 9.13. The third-order valence-corrected chi connectivity index (χ3v) is 7.41. The van der Waals surface area contributed by atoms with Crippen molar-refractivity contribution in [2.24, 2.45) is 11.3 Å². The summed E-state index contributed by atoms with van der Waals surface area (Å²) in [4.78, 5) is 61.4. The van der Waals surface area contributed by atoms with E-state index in [1.54, 1.807) is 0 Å². The van der Waals surface area contributed by atoms with Crippen LogP contribution in [0.1, 0.15) is 66.2 Å². The number of hydrogen-bond donors (Lipinski definition) is 4. The summed E-state index contributed by atoms with van der Waals surface area (Å²) in [6, 6.07) is -3.36. The number of carboxylic acids is 1. The average molecular weight is 582 g/mol. The highest BCUT2D eigenvalue weighted by Crippen LogP contribution is 2.38. The first-order chi connectivity index (χ1) is 18.5. The second kappa shape index (κ2) is 14.2. The van der Waals surface area contributed by atoms with Gasteiger partial charge in [0.05, 0.1) is 6.42 Å². The molecule has 3 amide bonds. The Labute approximate surface area is 230 Å². The van der Waals surface area contributed by atoms with E-state index >= 15 is 0 Å². The summed E-state index contributed by atoms with van der Waals surface area (Å²) in [6.45, 7) is 6.20. The average Bonchev–Trinajstić information content (AvgIpc) is 2.86. The number of ether oxygens (including phenoxy) is 1. The Hall–Kier alpha value is -2.77.